The minimum atomic E-state index is -3.98. The van der Waals surface area contributed by atoms with E-state index in [1.165, 1.54) is 48.2 Å². The van der Waals surface area contributed by atoms with Crippen molar-refractivity contribution in [2.75, 3.05) is 10.8 Å². The second-order valence-electron chi connectivity index (χ2n) is 8.83. The fourth-order valence-electron chi connectivity index (χ4n) is 4.36. The third kappa shape index (κ3) is 5.45. The van der Waals surface area contributed by atoms with Crippen molar-refractivity contribution < 1.29 is 13.2 Å². The van der Waals surface area contributed by atoms with Gasteiger partial charge in [-0.15, -0.1) is 0 Å². The topological polar surface area (TPSA) is 66.5 Å². The normalized spacial score (nSPS) is 14.2. The number of carbonyl (C=O) groups is 1. The highest BCUT2D eigenvalue weighted by molar-refractivity contribution is 7.92. The number of nitrogens with one attached hydrogen (secondary N) is 1. The molecular weight excluding hydrogens is 468 g/mol. The van der Waals surface area contributed by atoms with Crippen molar-refractivity contribution >= 4 is 33.2 Å². The van der Waals surface area contributed by atoms with E-state index < -0.39 is 10.0 Å². The number of carbonyl (C=O) groups excluding carboxylic acids is 1. The third-order valence-corrected chi connectivity index (χ3v) is 8.27. The molecule has 0 heterocycles. The van der Waals surface area contributed by atoms with Crippen LogP contribution in [-0.4, -0.2) is 20.9 Å². The maximum Gasteiger partial charge on any atom is 0.264 e. The zero-order valence-corrected chi connectivity index (χ0v) is 21.0. The minimum absolute atomic E-state index is 0.0777. The van der Waals surface area contributed by atoms with E-state index in [4.69, 9.17) is 11.6 Å². The Hall–Kier alpha value is -2.83. The van der Waals surface area contributed by atoms with E-state index in [0.717, 1.165) is 28.3 Å². The van der Waals surface area contributed by atoms with E-state index >= 15 is 0 Å². The summed E-state index contributed by atoms with van der Waals surface area (Å²) in [6.07, 6.45) is 4.56. The lowest BCUT2D eigenvalue weighted by molar-refractivity contribution is -0.120. The number of rotatable bonds is 7. The SMILES string of the molecule is Cc1cccc(N(CC(=O)N[C@H](C)c2ccc3c(c2)CCCC3)S(=O)(=O)c2ccc(Cl)cc2)c1. The predicted molar refractivity (Wildman–Crippen MR) is 137 cm³/mol. The second-order valence-corrected chi connectivity index (χ2v) is 11.1. The van der Waals surface area contributed by atoms with E-state index in [9.17, 15) is 13.2 Å². The Morgan fingerprint density at radius 2 is 1.71 bits per heavy atom. The summed E-state index contributed by atoms with van der Waals surface area (Å²) in [4.78, 5) is 13.2. The highest BCUT2D eigenvalue weighted by atomic mass is 35.5. The second kappa shape index (κ2) is 10.2. The number of hydrogen-bond acceptors (Lipinski definition) is 3. The Morgan fingerprint density at radius 1 is 1.00 bits per heavy atom. The van der Waals surface area contributed by atoms with E-state index in [2.05, 4.69) is 23.5 Å². The summed E-state index contributed by atoms with van der Waals surface area (Å²) >= 11 is 5.95. The highest BCUT2D eigenvalue weighted by Gasteiger charge is 2.28. The van der Waals surface area contributed by atoms with Crippen LogP contribution in [0.25, 0.3) is 0 Å². The van der Waals surface area contributed by atoms with Gasteiger partial charge >= 0.3 is 0 Å². The number of hydrogen-bond donors (Lipinski definition) is 1. The van der Waals surface area contributed by atoms with Crippen molar-refractivity contribution in [3.8, 4) is 0 Å². The highest BCUT2D eigenvalue weighted by Crippen LogP contribution is 2.27. The number of aryl methyl sites for hydroxylation is 3. The summed E-state index contributed by atoms with van der Waals surface area (Å²) < 4.78 is 28.2. The van der Waals surface area contributed by atoms with Crippen molar-refractivity contribution in [3.63, 3.8) is 0 Å². The Bertz CT molecular complexity index is 1290. The molecule has 0 aliphatic heterocycles. The molecule has 178 valence electrons. The molecule has 1 aliphatic carbocycles. The van der Waals surface area contributed by atoms with E-state index in [-0.39, 0.29) is 23.4 Å². The van der Waals surface area contributed by atoms with Gasteiger partial charge in [0, 0.05) is 5.02 Å². The standard InChI is InChI=1S/C27H29ClN2O3S/c1-19-6-5-9-25(16-19)30(34(32,33)26-14-12-24(28)13-15-26)18-27(31)29-20(2)22-11-10-21-7-3-4-8-23(21)17-22/h5-6,9-17,20H,3-4,7-8,18H2,1-2H3,(H,29,31)/t20-/m1/s1. The summed E-state index contributed by atoms with van der Waals surface area (Å²) in [7, 11) is -3.98. The molecule has 0 aromatic heterocycles. The molecule has 1 atom stereocenters. The van der Waals surface area contributed by atoms with Gasteiger partial charge in [0.2, 0.25) is 5.91 Å². The largest absolute Gasteiger partial charge is 0.348 e. The molecule has 0 spiro atoms. The van der Waals surface area contributed by atoms with Crippen LogP contribution >= 0.6 is 11.6 Å². The van der Waals surface area contributed by atoms with Crippen LogP contribution in [-0.2, 0) is 27.7 Å². The molecule has 0 saturated carbocycles. The van der Waals surface area contributed by atoms with Gasteiger partial charge in [-0.2, -0.15) is 0 Å². The Balaban J connectivity index is 1.57. The van der Waals surface area contributed by atoms with Gasteiger partial charge in [0.05, 0.1) is 16.6 Å². The molecule has 7 heteroatoms. The summed E-state index contributed by atoms with van der Waals surface area (Å²) in [6, 6.07) is 19.2. The Kier molecular flexibility index (Phi) is 7.29. The minimum Gasteiger partial charge on any atom is -0.348 e. The van der Waals surface area contributed by atoms with Crippen LogP contribution in [0.4, 0.5) is 5.69 Å². The number of nitrogens with zero attached hydrogens (tertiary/aromatic N) is 1. The van der Waals surface area contributed by atoms with E-state index in [1.807, 2.05) is 19.9 Å². The van der Waals surface area contributed by atoms with Crippen LogP contribution in [0.15, 0.2) is 71.6 Å². The van der Waals surface area contributed by atoms with E-state index in [1.54, 1.807) is 18.2 Å². The van der Waals surface area contributed by atoms with Crippen molar-refractivity contribution in [2.45, 2.75) is 50.5 Å². The smallest absolute Gasteiger partial charge is 0.264 e. The number of fused-ring (bicyclic) bond motifs is 1. The zero-order chi connectivity index (χ0) is 24.3. The van der Waals surface area contributed by atoms with E-state index in [0.29, 0.717) is 10.7 Å². The fourth-order valence-corrected chi connectivity index (χ4v) is 5.89. The molecule has 0 radical (unpaired) electrons. The first-order chi connectivity index (χ1) is 16.2. The predicted octanol–water partition coefficient (Wildman–Crippen LogP) is 5.60. The number of benzene rings is 3. The number of sulfonamides is 1. The van der Waals surface area contributed by atoms with Gasteiger partial charge in [0.15, 0.2) is 0 Å². The van der Waals surface area contributed by atoms with Crippen LogP contribution in [0.1, 0.15) is 48.1 Å². The third-order valence-electron chi connectivity index (χ3n) is 6.23. The summed E-state index contributed by atoms with van der Waals surface area (Å²) in [5, 5.41) is 3.43. The monoisotopic (exact) mass is 496 g/mol. The lowest BCUT2D eigenvalue weighted by Crippen LogP contribution is -2.41. The Morgan fingerprint density at radius 3 is 2.41 bits per heavy atom. The molecule has 3 aromatic rings. The maximum absolute atomic E-state index is 13.5. The van der Waals surface area contributed by atoms with Crippen molar-refractivity contribution in [3.05, 3.63) is 94.0 Å². The van der Waals surface area contributed by atoms with Crippen LogP contribution in [0.3, 0.4) is 0 Å². The number of halogens is 1. The molecule has 1 amide bonds. The van der Waals surface area contributed by atoms with Crippen molar-refractivity contribution in [2.24, 2.45) is 0 Å². The number of anilines is 1. The van der Waals surface area contributed by atoms with Gasteiger partial charge in [0.25, 0.3) is 10.0 Å². The summed E-state index contributed by atoms with van der Waals surface area (Å²) in [6.45, 7) is 3.48. The number of amides is 1. The first kappa shape index (κ1) is 24.3. The molecule has 1 aliphatic rings. The van der Waals surface area contributed by atoms with Crippen molar-refractivity contribution in [1.29, 1.82) is 0 Å². The first-order valence-electron chi connectivity index (χ1n) is 11.5. The molecule has 1 N–H and O–H groups in total. The summed E-state index contributed by atoms with van der Waals surface area (Å²) in [5.74, 6) is -0.371. The lowest BCUT2D eigenvalue weighted by atomic mass is 9.89. The van der Waals surface area contributed by atoms with Crippen LogP contribution in [0.5, 0.6) is 0 Å². The molecule has 5 nitrogen and oxygen atoms in total. The average molecular weight is 497 g/mol. The Labute approximate surface area is 206 Å². The molecule has 0 fully saturated rings. The summed E-state index contributed by atoms with van der Waals surface area (Å²) in [5.41, 5.74) is 5.09. The average Bonchev–Trinajstić information content (AvgIpc) is 2.82. The van der Waals surface area contributed by atoms with Gasteiger partial charge in [-0.05, 0) is 98.2 Å². The molecule has 0 bridgehead atoms. The zero-order valence-electron chi connectivity index (χ0n) is 19.4. The van der Waals surface area contributed by atoms with Gasteiger partial charge in [-0.1, -0.05) is 41.9 Å². The molecule has 0 saturated heterocycles. The molecule has 3 aromatic carbocycles. The van der Waals surface area contributed by atoms with Crippen LogP contribution in [0, 0.1) is 6.92 Å². The molecule has 4 rings (SSSR count). The quantitative estimate of drug-likeness (QED) is 0.463. The first-order valence-corrected chi connectivity index (χ1v) is 13.3. The lowest BCUT2D eigenvalue weighted by Gasteiger charge is -2.26. The van der Waals surface area contributed by atoms with Gasteiger partial charge < -0.3 is 5.32 Å². The van der Waals surface area contributed by atoms with Crippen LogP contribution < -0.4 is 9.62 Å². The fraction of sp³-hybridized carbons (Fsp3) is 0.296. The molecular formula is C27H29ClN2O3S. The molecule has 34 heavy (non-hydrogen) atoms. The van der Waals surface area contributed by atoms with Gasteiger partial charge in [-0.3, -0.25) is 9.10 Å². The molecule has 0 unspecified atom stereocenters. The van der Waals surface area contributed by atoms with Crippen LogP contribution in [0.2, 0.25) is 5.02 Å². The van der Waals surface area contributed by atoms with Gasteiger partial charge in [0.1, 0.15) is 6.54 Å². The van der Waals surface area contributed by atoms with Crippen molar-refractivity contribution in [1.82, 2.24) is 5.32 Å². The van der Waals surface area contributed by atoms with Gasteiger partial charge in [-0.25, -0.2) is 8.42 Å². The maximum atomic E-state index is 13.5.